The summed E-state index contributed by atoms with van der Waals surface area (Å²) in [6.07, 6.45) is 2.34. The molecule has 2 heterocycles. The molecular formula is C33H47ClN3O8P. The molecule has 1 saturated heterocycles. The second-order valence-corrected chi connectivity index (χ2v) is 16.8. The van der Waals surface area contributed by atoms with Gasteiger partial charge >= 0.3 is 18.2 Å². The van der Waals surface area contributed by atoms with Crippen LogP contribution >= 0.6 is 19.0 Å². The highest BCUT2D eigenvalue weighted by Gasteiger charge is 2.58. The van der Waals surface area contributed by atoms with Crippen molar-refractivity contribution in [1.29, 1.82) is 0 Å². The van der Waals surface area contributed by atoms with E-state index < -0.39 is 41.9 Å². The molecule has 2 unspecified atom stereocenters. The smallest absolute Gasteiger partial charge is 0.419 e. The summed E-state index contributed by atoms with van der Waals surface area (Å²) in [6.45, 7) is 12.7. The summed E-state index contributed by atoms with van der Waals surface area (Å²) in [6, 6.07) is 9.30. The fourth-order valence-corrected chi connectivity index (χ4v) is 8.51. The monoisotopic (exact) mass is 679 g/mol. The molecule has 1 N–H and O–H groups in total. The molecular weight excluding hydrogens is 633 g/mol. The average molecular weight is 680 g/mol. The van der Waals surface area contributed by atoms with Crippen LogP contribution in [0, 0.1) is 0 Å². The van der Waals surface area contributed by atoms with Crippen molar-refractivity contribution in [2.75, 3.05) is 32.4 Å². The van der Waals surface area contributed by atoms with Crippen molar-refractivity contribution in [3.63, 3.8) is 0 Å². The summed E-state index contributed by atoms with van der Waals surface area (Å²) in [5.41, 5.74) is 1.07. The summed E-state index contributed by atoms with van der Waals surface area (Å²) < 4.78 is 30.9. The first-order valence-electron chi connectivity index (χ1n) is 15.5. The second kappa shape index (κ2) is 15.3. The Morgan fingerprint density at radius 2 is 1.63 bits per heavy atom. The minimum Gasteiger partial charge on any atom is -0.480 e. The van der Waals surface area contributed by atoms with E-state index in [0.29, 0.717) is 18.1 Å². The summed E-state index contributed by atoms with van der Waals surface area (Å²) in [7, 11) is -3.65. The molecule has 1 aromatic heterocycles. The van der Waals surface area contributed by atoms with E-state index in [2.05, 4.69) is 4.98 Å². The summed E-state index contributed by atoms with van der Waals surface area (Å²) >= 11 is 6.09. The molecule has 1 aliphatic rings. The third-order valence-corrected chi connectivity index (χ3v) is 11.1. The number of amides is 2. The summed E-state index contributed by atoms with van der Waals surface area (Å²) in [4.78, 5) is 46.1. The Morgan fingerprint density at radius 3 is 2.17 bits per heavy atom. The van der Waals surface area contributed by atoms with Crippen molar-refractivity contribution in [1.82, 2.24) is 14.8 Å². The van der Waals surface area contributed by atoms with Gasteiger partial charge in [0.1, 0.15) is 11.2 Å². The zero-order chi connectivity index (χ0) is 34.3. The maximum Gasteiger partial charge on any atom is 0.419 e. The number of imide groups is 1. The predicted molar refractivity (Wildman–Crippen MR) is 177 cm³/mol. The molecule has 0 bridgehead atoms. The van der Waals surface area contributed by atoms with Crippen LogP contribution in [-0.4, -0.2) is 86.8 Å². The maximum absolute atomic E-state index is 14.3. The van der Waals surface area contributed by atoms with Crippen molar-refractivity contribution in [3.8, 4) is 11.1 Å². The van der Waals surface area contributed by atoms with E-state index in [1.165, 1.54) is 0 Å². The molecule has 1 aliphatic heterocycles. The van der Waals surface area contributed by atoms with Gasteiger partial charge in [-0.1, -0.05) is 23.7 Å². The standard InChI is InChI=1S/C33H47ClN3O8P/c1-8-43-46(42)20-19-36(22-25-15-17-35-21-27(25)24-11-13-26(34)14-12-24)23-33(46,28(38)39)16-9-10-18-37(29(40)44-31(2,3)4)30(41)45-32(5,6)7/h11-15,17,21H,8-10,16,18-20,22-23H2,1-7H3,(H,38,39). The van der Waals surface area contributed by atoms with Gasteiger partial charge in [-0.3, -0.25) is 19.2 Å². The van der Waals surface area contributed by atoms with Crippen molar-refractivity contribution >= 4 is 37.1 Å². The number of ether oxygens (including phenoxy) is 2. The highest BCUT2D eigenvalue weighted by atomic mass is 35.5. The zero-order valence-corrected chi connectivity index (χ0v) is 29.5. The Balaban J connectivity index is 1.83. The molecule has 13 heteroatoms. The van der Waals surface area contributed by atoms with Gasteiger partial charge in [0.05, 0.1) is 6.61 Å². The number of rotatable bonds is 11. The largest absolute Gasteiger partial charge is 0.480 e. The molecule has 0 radical (unpaired) electrons. The van der Waals surface area contributed by atoms with Gasteiger partial charge < -0.3 is 19.1 Å². The quantitative estimate of drug-likeness (QED) is 0.186. The first-order chi connectivity index (χ1) is 21.4. The SMILES string of the molecule is CCOP1(=O)CCN(Cc2ccncc2-c2ccc(Cl)cc2)CC1(CCCCN(C(=O)OC(C)(C)C)C(=O)OC(C)(C)C)C(=O)O. The lowest BCUT2D eigenvalue weighted by atomic mass is 9.98. The summed E-state index contributed by atoms with van der Waals surface area (Å²) in [5, 5.41) is 9.60. The third kappa shape index (κ3) is 9.77. The Morgan fingerprint density at radius 1 is 1.02 bits per heavy atom. The molecule has 11 nitrogen and oxygen atoms in total. The maximum atomic E-state index is 14.3. The molecule has 2 atom stereocenters. The summed E-state index contributed by atoms with van der Waals surface area (Å²) in [5.74, 6) is -1.20. The number of hydrogen-bond acceptors (Lipinski definition) is 9. The number of halogens is 1. The van der Waals surface area contributed by atoms with Gasteiger partial charge in [-0.15, -0.1) is 0 Å². The number of unbranched alkanes of at least 4 members (excludes halogenated alkanes) is 1. The number of pyridine rings is 1. The first kappa shape index (κ1) is 37.5. The fourth-order valence-electron chi connectivity index (χ4n) is 5.42. The Hall–Kier alpha value is -2.98. The number of carbonyl (C=O) groups is 3. The number of aromatic nitrogens is 1. The van der Waals surface area contributed by atoms with Crippen molar-refractivity contribution < 1.29 is 38.1 Å². The van der Waals surface area contributed by atoms with Gasteiger partial charge in [-0.05, 0) is 97.1 Å². The molecule has 2 amide bonds. The number of aliphatic carboxylic acids is 1. The Labute approximate surface area is 277 Å². The fraction of sp³-hybridized carbons (Fsp3) is 0.576. The second-order valence-electron chi connectivity index (χ2n) is 13.5. The van der Waals surface area contributed by atoms with Crippen LogP contribution < -0.4 is 0 Å². The average Bonchev–Trinajstić information content (AvgIpc) is 2.93. The van der Waals surface area contributed by atoms with Gasteiger partial charge in [0.25, 0.3) is 0 Å². The first-order valence-corrected chi connectivity index (χ1v) is 17.7. The number of carboxylic acids is 1. The van der Waals surface area contributed by atoms with E-state index in [9.17, 15) is 24.1 Å². The Bertz CT molecular complexity index is 1400. The lowest BCUT2D eigenvalue weighted by Gasteiger charge is -2.45. The van der Waals surface area contributed by atoms with Crippen LogP contribution in [-0.2, 0) is 29.9 Å². The van der Waals surface area contributed by atoms with Crippen molar-refractivity contribution in [3.05, 3.63) is 53.3 Å². The van der Waals surface area contributed by atoms with Gasteiger partial charge in [0, 0.05) is 55.3 Å². The normalized spacial score (nSPS) is 20.6. The van der Waals surface area contributed by atoms with E-state index in [0.717, 1.165) is 21.6 Å². The van der Waals surface area contributed by atoms with Crippen LogP contribution in [0.15, 0.2) is 42.7 Å². The van der Waals surface area contributed by atoms with Crippen LogP contribution in [0.4, 0.5) is 9.59 Å². The van der Waals surface area contributed by atoms with E-state index in [4.69, 9.17) is 25.6 Å². The highest BCUT2D eigenvalue weighted by molar-refractivity contribution is 7.62. The van der Waals surface area contributed by atoms with E-state index in [-0.39, 0.29) is 45.1 Å². The lowest BCUT2D eigenvalue weighted by molar-refractivity contribution is -0.141. The molecule has 1 fully saturated rings. The number of benzene rings is 1. The van der Waals surface area contributed by atoms with Gasteiger partial charge in [0.15, 0.2) is 5.16 Å². The molecule has 46 heavy (non-hydrogen) atoms. The number of carbonyl (C=O) groups excluding carboxylic acids is 2. The minimum absolute atomic E-state index is 0.00381. The molecule has 1 aromatic carbocycles. The zero-order valence-electron chi connectivity index (χ0n) is 27.9. The molecule has 2 aromatic rings. The number of nitrogens with zero attached hydrogens (tertiary/aromatic N) is 3. The topological polar surface area (TPSA) is 136 Å². The molecule has 0 spiro atoms. The van der Waals surface area contributed by atoms with Crippen LogP contribution in [0.3, 0.4) is 0 Å². The van der Waals surface area contributed by atoms with E-state index in [1.54, 1.807) is 73.0 Å². The molecule has 254 valence electrons. The third-order valence-electron chi connectivity index (χ3n) is 7.49. The van der Waals surface area contributed by atoms with Gasteiger partial charge in [-0.2, -0.15) is 0 Å². The van der Waals surface area contributed by atoms with Crippen LogP contribution in [0.1, 0.15) is 73.3 Å². The van der Waals surface area contributed by atoms with Crippen LogP contribution in [0.5, 0.6) is 0 Å². The Kier molecular flexibility index (Phi) is 12.5. The van der Waals surface area contributed by atoms with Crippen LogP contribution in [0.2, 0.25) is 5.02 Å². The van der Waals surface area contributed by atoms with Gasteiger partial charge in [-0.25, -0.2) is 14.5 Å². The van der Waals surface area contributed by atoms with E-state index in [1.807, 2.05) is 23.1 Å². The number of carboxylic acid groups (broad SMARTS) is 1. The van der Waals surface area contributed by atoms with E-state index >= 15 is 0 Å². The molecule has 3 rings (SSSR count). The van der Waals surface area contributed by atoms with Crippen LogP contribution in [0.25, 0.3) is 11.1 Å². The van der Waals surface area contributed by atoms with Crippen molar-refractivity contribution in [2.24, 2.45) is 0 Å². The van der Waals surface area contributed by atoms with Gasteiger partial charge in [0.2, 0.25) is 7.37 Å². The molecule has 0 saturated carbocycles. The minimum atomic E-state index is -3.65. The molecule has 0 aliphatic carbocycles. The number of hydrogen-bond donors (Lipinski definition) is 1. The highest BCUT2D eigenvalue weighted by Crippen LogP contribution is 2.63. The lowest BCUT2D eigenvalue weighted by Crippen LogP contribution is -2.54. The predicted octanol–water partition coefficient (Wildman–Crippen LogP) is 7.70. The van der Waals surface area contributed by atoms with Crippen molar-refractivity contribution in [2.45, 2.75) is 90.6 Å².